The minimum Gasteiger partial charge on any atom is -0.465 e. The van der Waals surface area contributed by atoms with E-state index in [0.717, 1.165) is 29.8 Å². The van der Waals surface area contributed by atoms with E-state index in [1.807, 2.05) is 55.5 Å². The van der Waals surface area contributed by atoms with Gasteiger partial charge in [-0.1, -0.05) is 48.0 Å². The maximum Gasteiger partial charge on any atom is 0.337 e. The fourth-order valence-corrected chi connectivity index (χ4v) is 4.33. The minimum atomic E-state index is -0.382. The van der Waals surface area contributed by atoms with Gasteiger partial charge in [-0.15, -0.1) is 0 Å². The molecule has 1 aliphatic rings. The number of anilines is 1. The molecule has 4 rings (SSSR count). The second-order valence-corrected chi connectivity index (χ2v) is 8.36. The zero-order valence-electron chi connectivity index (χ0n) is 18.1. The SMILES string of the molecule is COC(=O)c1ccc([C@H](C)NC(=O)c2cccc3c2N(Cc2cccc(Cl)c2)CC3)cc1. The molecule has 0 aromatic heterocycles. The van der Waals surface area contributed by atoms with E-state index in [9.17, 15) is 9.59 Å². The van der Waals surface area contributed by atoms with Gasteiger partial charge in [-0.25, -0.2) is 4.79 Å². The summed E-state index contributed by atoms with van der Waals surface area (Å²) >= 11 is 6.15. The Kier molecular flexibility index (Phi) is 6.47. The lowest BCUT2D eigenvalue weighted by atomic mass is 10.0. The molecule has 3 aromatic carbocycles. The number of amides is 1. The Balaban J connectivity index is 1.52. The maximum atomic E-state index is 13.2. The van der Waals surface area contributed by atoms with Crippen molar-refractivity contribution in [3.63, 3.8) is 0 Å². The summed E-state index contributed by atoms with van der Waals surface area (Å²) in [5, 5.41) is 3.80. The molecule has 0 fully saturated rings. The molecule has 3 aromatic rings. The van der Waals surface area contributed by atoms with Gasteiger partial charge in [-0.3, -0.25) is 4.79 Å². The lowest BCUT2D eigenvalue weighted by Gasteiger charge is -2.23. The molecule has 1 atom stereocenters. The second-order valence-electron chi connectivity index (χ2n) is 7.92. The van der Waals surface area contributed by atoms with Gasteiger partial charge in [0.15, 0.2) is 0 Å². The van der Waals surface area contributed by atoms with Gasteiger partial charge in [-0.05, 0) is 60.4 Å². The van der Waals surface area contributed by atoms with Crippen molar-refractivity contribution in [3.05, 3.63) is 99.6 Å². The first-order valence-electron chi connectivity index (χ1n) is 10.6. The summed E-state index contributed by atoms with van der Waals surface area (Å²) in [7, 11) is 1.35. The average molecular weight is 449 g/mol. The van der Waals surface area contributed by atoms with Crippen LogP contribution in [0.1, 0.15) is 50.4 Å². The molecule has 164 valence electrons. The number of nitrogens with zero attached hydrogens (tertiary/aromatic N) is 1. The number of fused-ring (bicyclic) bond motifs is 1. The third kappa shape index (κ3) is 4.63. The van der Waals surface area contributed by atoms with Crippen LogP contribution in [0, 0.1) is 0 Å². The Morgan fingerprint density at radius 3 is 2.56 bits per heavy atom. The largest absolute Gasteiger partial charge is 0.465 e. The normalized spacial score (nSPS) is 13.4. The molecule has 0 unspecified atom stereocenters. The summed E-state index contributed by atoms with van der Waals surface area (Å²) < 4.78 is 4.74. The summed E-state index contributed by atoms with van der Waals surface area (Å²) in [5.41, 5.74) is 5.33. The third-order valence-corrected chi connectivity index (χ3v) is 6.01. The van der Waals surface area contributed by atoms with E-state index >= 15 is 0 Å². The number of carbonyl (C=O) groups is 2. The zero-order valence-corrected chi connectivity index (χ0v) is 18.9. The highest BCUT2D eigenvalue weighted by Crippen LogP contribution is 2.33. The van der Waals surface area contributed by atoms with Gasteiger partial charge >= 0.3 is 5.97 Å². The molecule has 1 N–H and O–H groups in total. The lowest BCUT2D eigenvalue weighted by molar-refractivity contribution is 0.0600. The number of methoxy groups -OCH3 is 1. The van der Waals surface area contributed by atoms with E-state index in [1.165, 1.54) is 12.7 Å². The number of benzene rings is 3. The number of nitrogens with one attached hydrogen (secondary N) is 1. The Labute approximate surface area is 193 Å². The number of ether oxygens (including phenoxy) is 1. The van der Waals surface area contributed by atoms with Gasteiger partial charge in [0.25, 0.3) is 5.91 Å². The van der Waals surface area contributed by atoms with E-state index in [1.54, 1.807) is 12.1 Å². The van der Waals surface area contributed by atoms with Gasteiger partial charge in [0.05, 0.1) is 30.0 Å². The monoisotopic (exact) mass is 448 g/mol. The summed E-state index contributed by atoms with van der Waals surface area (Å²) in [6.07, 6.45) is 0.904. The average Bonchev–Trinajstić information content (AvgIpc) is 3.21. The third-order valence-electron chi connectivity index (χ3n) is 5.77. The van der Waals surface area contributed by atoms with E-state index < -0.39 is 0 Å². The van der Waals surface area contributed by atoms with Crippen molar-refractivity contribution < 1.29 is 14.3 Å². The standard InChI is InChI=1S/C26H25ClN2O3/c1-17(19-9-11-21(12-10-19)26(31)32-2)28-25(30)23-8-4-6-20-13-14-29(24(20)23)16-18-5-3-7-22(27)15-18/h3-12,15,17H,13-14,16H2,1-2H3,(H,28,30)/t17-/m0/s1. The first-order chi connectivity index (χ1) is 15.5. The van der Waals surface area contributed by atoms with Gasteiger partial charge in [0, 0.05) is 18.1 Å². The number of esters is 1. The van der Waals surface area contributed by atoms with Gasteiger partial charge in [0.2, 0.25) is 0 Å². The zero-order chi connectivity index (χ0) is 22.7. The van der Waals surface area contributed by atoms with E-state index in [-0.39, 0.29) is 17.9 Å². The van der Waals surface area contributed by atoms with Gasteiger partial charge in [-0.2, -0.15) is 0 Å². The Morgan fingerprint density at radius 1 is 1.09 bits per heavy atom. The first-order valence-corrected chi connectivity index (χ1v) is 10.9. The molecule has 0 saturated carbocycles. The quantitative estimate of drug-likeness (QED) is 0.528. The molecular weight excluding hydrogens is 424 g/mol. The van der Waals surface area contributed by atoms with Crippen LogP contribution in [-0.4, -0.2) is 25.5 Å². The molecule has 0 aliphatic carbocycles. The molecule has 0 radical (unpaired) electrons. The van der Waals surface area contributed by atoms with Crippen LogP contribution < -0.4 is 10.2 Å². The molecule has 1 heterocycles. The van der Waals surface area contributed by atoms with Crippen molar-refractivity contribution in [1.29, 1.82) is 0 Å². The highest BCUT2D eigenvalue weighted by Gasteiger charge is 2.26. The number of para-hydroxylation sites is 1. The summed E-state index contributed by atoms with van der Waals surface area (Å²) in [6.45, 7) is 3.48. The van der Waals surface area contributed by atoms with Crippen LogP contribution >= 0.6 is 11.6 Å². The van der Waals surface area contributed by atoms with Crippen LogP contribution in [0.25, 0.3) is 0 Å². The van der Waals surface area contributed by atoms with Crippen LogP contribution in [0.5, 0.6) is 0 Å². The van der Waals surface area contributed by atoms with E-state index in [0.29, 0.717) is 22.7 Å². The molecule has 1 aliphatic heterocycles. The molecule has 1 amide bonds. The molecular formula is C26H25ClN2O3. The first kappa shape index (κ1) is 21.9. The Morgan fingerprint density at radius 2 is 1.84 bits per heavy atom. The summed E-state index contributed by atoms with van der Waals surface area (Å²) in [5.74, 6) is -0.503. The number of hydrogen-bond donors (Lipinski definition) is 1. The molecule has 0 saturated heterocycles. The number of hydrogen-bond acceptors (Lipinski definition) is 4. The number of halogens is 1. The summed E-state index contributed by atoms with van der Waals surface area (Å²) in [6, 6.07) is 20.6. The fraction of sp³-hybridized carbons (Fsp3) is 0.231. The van der Waals surface area contributed by atoms with Crippen LogP contribution in [0.15, 0.2) is 66.7 Å². The van der Waals surface area contributed by atoms with Crippen molar-refractivity contribution >= 4 is 29.2 Å². The minimum absolute atomic E-state index is 0.121. The van der Waals surface area contributed by atoms with E-state index in [2.05, 4.69) is 16.3 Å². The predicted molar refractivity (Wildman–Crippen MR) is 126 cm³/mol. The second kappa shape index (κ2) is 9.45. The Bertz CT molecular complexity index is 1140. The highest BCUT2D eigenvalue weighted by molar-refractivity contribution is 6.30. The molecule has 6 heteroatoms. The molecule has 5 nitrogen and oxygen atoms in total. The van der Waals surface area contributed by atoms with Crippen LogP contribution in [0.3, 0.4) is 0 Å². The van der Waals surface area contributed by atoms with Gasteiger partial charge in [0.1, 0.15) is 0 Å². The summed E-state index contributed by atoms with van der Waals surface area (Å²) in [4.78, 5) is 27.1. The van der Waals surface area contributed by atoms with Crippen LogP contribution in [0.2, 0.25) is 5.02 Å². The van der Waals surface area contributed by atoms with Crippen LogP contribution in [-0.2, 0) is 17.7 Å². The van der Waals surface area contributed by atoms with Crippen LogP contribution in [0.4, 0.5) is 5.69 Å². The topological polar surface area (TPSA) is 58.6 Å². The van der Waals surface area contributed by atoms with Crippen molar-refractivity contribution in [2.24, 2.45) is 0 Å². The lowest BCUT2D eigenvalue weighted by Crippen LogP contribution is -2.29. The van der Waals surface area contributed by atoms with E-state index in [4.69, 9.17) is 16.3 Å². The van der Waals surface area contributed by atoms with Crippen molar-refractivity contribution in [3.8, 4) is 0 Å². The number of rotatable bonds is 6. The smallest absolute Gasteiger partial charge is 0.337 e. The maximum absolute atomic E-state index is 13.2. The van der Waals surface area contributed by atoms with Gasteiger partial charge < -0.3 is 15.0 Å². The van der Waals surface area contributed by atoms with Crippen molar-refractivity contribution in [2.45, 2.75) is 25.9 Å². The Hall–Kier alpha value is -3.31. The van der Waals surface area contributed by atoms with Crippen molar-refractivity contribution in [1.82, 2.24) is 5.32 Å². The molecule has 0 bridgehead atoms. The fourth-order valence-electron chi connectivity index (χ4n) is 4.11. The molecule has 0 spiro atoms. The highest BCUT2D eigenvalue weighted by atomic mass is 35.5. The number of carbonyl (C=O) groups excluding carboxylic acids is 2. The molecule has 32 heavy (non-hydrogen) atoms. The van der Waals surface area contributed by atoms with Crippen molar-refractivity contribution in [2.75, 3.05) is 18.6 Å². The predicted octanol–water partition coefficient (Wildman–Crippen LogP) is 5.18.